The maximum absolute atomic E-state index is 11.8. The lowest BCUT2D eigenvalue weighted by atomic mass is 10.2. The molecule has 0 aromatic heterocycles. The van der Waals surface area contributed by atoms with Gasteiger partial charge in [0.05, 0.1) is 0 Å². The largest absolute Gasteiger partial charge is 0.444 e. The Morgan fingerprint density at radius 1 is 0.474 bits per heavy atom. The van der Waals surface area contributed by atoms with Gasteiger partial charge in [-0.2, -0.15) is 0 Å². The fourth-order valence-electron chi connectivity index (χ4n) is 2.99. The zero-order valence-corrected chi connectivity index (χ0v) is 24.3. The summed E-state index contributed by atoms with van der Waals surface area (Å²) in [7, 11) is 0. The van der Waals surface area contributed by atoms with Crippen LogP contribution in [0.5, 0.6) is 0 Å². The minimum absolute atomic E-state index is 0.0955. The summed E-state index contributed by atoms with van der Waals surface area (Å²) < 4.78 is 10.2. The lowest BCUT2D eigenvalue weighted by molar-refractivity contribution is -0.121. The van der Waals surface area contributed by atoms with Crippen LogP contribution < -0.4 is 31.9 Å². The highest BCUT2D eigenvalue weighted by Crippen LogP contribution is 2.06. The molecule has 0 radical (unpaired) electrons. The normalized spacial score (nSPS) is 11.4. The van der Waals surface area contributed by atoms with Crippen molar-refractivity contribution in [3.8, 4) is 0 Å². The fraction of sp³-hybridized carbons (Fsp3) is 0.846. The second-order valence-electron chi connectivity index (χ2n) is 11.0. The Balaban J connectivity index is 3.40. The van der Waals surface area contributed by atoms with Crippen molar-refractivity contribution in [1.29, 1.82) is 0 Å². The van der Waals surface area contributed by atoms with Gasteiger partial charge in [-0.1, -0.05) is 0 Å². The monoisotopic (exact) mass is 544 g/mol. The number of carbonyl (C=O) groups excluding carboxylic acids is 4. The van der Waals surface area contributed by atoms with Gasteiger partial charge in [0.25, 0.3) is 0 Å². The average Bonchev–Trinajstić information content (AvgIpc) is 2.76. The molecule has 0 atom stereocenters. The van der Waals surface area contributed by atoms with Gasteiger partial charge in [-0.15, -0.1) is 0 Å². The van der Waals surface area contributed by atoms with Crippen molar-refractivity contribution in [2.45, 2.75) is 91.3 Å². The van der Waals surface area contributed by atoms with Gasteiger partial charge < -0.3 is 41.4 Å². The summed E-state index contributed by atoms with van der Waals surface area (Å²) in [5.41, 5.74) is -1.11. The first-order valence-electron chi connectivity index (χ1n) is 13.7. The number of hydrogen-bond donors (Lipinski definition) is 6. The molecular formula is C26H52N6O6. The van der Waals surface area contributed by atoms with Gasteiger partial charge in [0.15, 0.2) is 0 Å². The highest BCUT2D eigenvalue weighted by atomic mass is 16.6. The van der Waals surface area contributed by atoms with Gasteiger partial charge >= 0.3 is 12.2 Å². The molecule has 0 spiro atoms. The Labute approximate surface area is 228 Å². The third kappa shape index (κ3) is 26.5. The van der Waals surface area contributed by atoms with Crippen molar-refractivity contribution >= 4 is 24.0 Å². The van der Waals surface area contributed by atoms with Crippen LogP contribution in [0.2, 0.25) is 0 Å². The van der Waals surface area contributed by atoms with Crippen LogP contribution in [0, 0.1) is 0 Å². The highest BCUT2D eigenvalue weighted by Gasteiger charge is 2.16. The van der Waals surface area contributed by atoms with E-state index in [-0.39, 0.29) is 37.7 Å². The molecule has 222 valence electrons. The number of ether oxygens (including phenoxy) is 2. The van der Waals surface area contributed by atoms with Crippen LogP contribution in [-0.4, -0.2) is 87.6 Å². The van der Waals surface area contributed by atoms with Crippen LogP contribution in [-0.2, 0) is 19.1 Å². The molecule has 6 N–H and O–H groups in total. The van der Waals surface area contributed by atoms with Crippen molar-refractivity contribution in [3.05, 3.63) is 0 Å². The van der Waals surface area contributed by atoms with Crippen LogP contribution in [0.15, 0.2) is 0 Å². The van der Waals surface area contributed by atoms with Gasteiger partial charge in [0.1, 0.15) is 11.2 Å². The van der Waals surface area contributed by atoms with Gasteiger partial charge in [-0.25, -0.2) is 9.59 Å². The van der Waals surface area contributed by atoms with E-state index in [1.807, 2.05) is 0 Å². The van der Waals surface area contributed by atoms with E-state index in [2.05, 4.69) is 31.9 Å². The Morgan fingerprint density at radius 2 is 0.816 bits per heavy atom. The Kier molecular flexibility index (Phi) is 19.0. The van der Waals surface area contributed by atoms with Crippen LogP contribution in [0.1, 0.15) is 80.1 Å². The predicted molar refractivity (Wildman–Crippen MR) is 148 cm³/mol. The molecule has 0 aliphatic carbocycles. The molecule has 0 rings (SSSR count). The first kappa shape index (κ1) is 35.4. The molecule has 0 bridgehead atoms. The summed E-state index contributed by atoms with van der Waals surface area (Å²) in [6.07, 6.45) is 3.19. The van der Waals surface area contributed by atoms with Crippen LogP contribution in [0.25, 0.3) is 0 Å². The second kappa shape index (κ2) is 20.4. The summed E-state index contributed by atoms with van der Waals surface area (Å²) in [4.78, 5) is 46.6. The van der Waals surface area contributed by atoms with Crippen molar-refractivity contribution in [3.63, 3.8) is 0 Å². The molecule has 0 heterocycles. The molecule has 0 aliphatic rings. The zero-order valence-electron chi connectivity index (χ0n) is 24.3. The Bertz CT molecular complexity index is 633. The number of nitrogens with one attached hydrogen (secondary N) is 6. The van der Waals surface area contributed by atoms with E-state index in [0.717, 1.165) is 51.9 Å². The minimum atomic E-state index is -0.553. The van der Waals surface area contributed by atoms with Crippen molar-refractivity contribution < 1.29 is 28.7 Å². The van der Waals surface area contributed by atoms with Crippen LogP contribution in [0.4, 0.5) is 9.59 Å². The second-order valence-corrected chi connectivity index (χ2v) is 11.0. The number of amides is 4. The van der Waals surface area contributed by atoms with E-state index in [1.54, 1.807) is 41.5 Å². The van der Waals surface area contributed by atoms with E-state index in [1.165, 1.54) is 0 Å². The number of hydrogen-bond acceptors (Lipinski definition) is 8. The summed E-state index contributed by atoms with van der Waals surface area (Å²) in [6.45, 7) is 15.9. The third-order valence-corrected chi connectivity index (χ3v) is 4.70. The molecule has 12 nitrogen and oxygen atoms in total. The molecule has 0 saturated heterocycles. The van der Waals surface area contributed by atoms with Crippen molar-refractivity contribution in [2.24, 2.45) is 0 Å². The molecule has 4 amide bonds. The molecular weight excluding hydrogens is 492 g/mol. The quantitative estimate of drug-likeness (QED) is 0.134. The number of carbonyl (C=O) groups is 4. The molecule has 0 unspecified atom stereocenters. The first-order chi connectivity index (χ1) is 17.8. The lowest BCUT2D eigenvalue weighted by Crippen LogP contribution is -2.35. The molecule has 0 fully saturated rings. The topological polar surface area (TPSA) is 159 Å². The van der Waals surface area contributed by atoms with Gasteiger partial charge in [-0.3, -0.25) is 9.59 Å². The molecule has 38 heavy (non-hydrogen) atoms. The fourth-order valence-corrected chi connectivity index (χ4v) is 2.99. The van der Waals surface area contributed by atoms with Crippen molar-refractivity contribution in [2.75, 3.05) is 52.4 Å². The van der Waals surface area contributed by atoms with Gasteiger partial charge in [-0.05, 0) is 93.4 Å². The molecule has 0 saturated carbocycles. The van der Waals surface area contributed by atoms with E-state index in [9.17, 15) is 19.2 Å². The number of unbranched alkanes of at least 4 members (excludes halogenated alkanes) is 1. The standard InChI is InChI=1S/C26H52N6O6/c1-25(2,3)37-23(35)31-19-11-21(33)29-17-9-15-27-13-7-8-14-28-16-10-18-30-22(34)12-20-32-24(36)38-26(4,5)6/h27-28H,7-20H2,1-6H3,(H,29,33)(H,30,34)(H,31,35)(H,32,36). The summed E-state index contributed by atoms with van der Waals surface area (Å²) >= 11 is 0. The first-order valence-corrected chi connectivity index (χ1v) is 13.7. The van der Waals surface area contributed by atoms with E-state index < -0.39 is 23.4 Å². The number of rotatable bonds is 19. The lowest BCUT2D eigenvalue weighted by Gasteiger charge is -2.19. The predicted octanol–water partition coefficient (Wildman–Crippen LogP) is 1.79. The Hall–Kier alpha value is -2.60. The maximum Gasteiger partial charge on any atom is 0.407 e. The average molecular weight is 545 g/mol. The highest BCUT2D eigenvalue weighted by molar-refractivity contribution is 5.77. The molecule has 12 heteroatoms. The van der Waals surface area contributed by atoms with E-state index >= 15 is 0 Å². The van der Waals surface area contributed by atoms with E-state index in [0.29, 0.717) is 13.1 Å². The van der Waals surface area contributed by atoms with Crippen LogP contribution >= 0.6 is 0 Å². The van der Waals surface area contributed by atoms with Crippen LogP contribution in [0.3, 0.4) is 0 Å². The molecule has 0 aromatic rings. The maximum atomic E-state index is 11.8. The molecule has 0 aromatic carbocycles. The third-order valence-electron chi connectivity index (χ3n) is 4.70. The number of alkyl carbamates (subject to hydrolysis) is 2. The molecule has 0 aliphatic heterocycles. The SMILES string of the molecule is CC(C)(C)OC(=O)NCCC(=O)NCCCNCCCCNCCCNC(=O)CCNC(=O)OC(C)(C)C. The summed E-state index contributed by atoms with van der Waals surface area (Å²) in [5, 5.41) is 17.5. The zero-order chi connectivity index (χ0) is 28.9. The van der Waals surface area contributed by atoms with E-state index in [4.69, 9.17) is 9.47 Å². The van der Waals surface area contributed by atoms with Gasteiger partial charge in [0.2, 0.25) is 11.8 Å². The summed E-state index contributed by atoms with van der Waals surface area (Å²) in [6, 6.07) is 0. The smallest absolute Gasteiger partial charge is 0.407 e. The van der Waals surface area contributed by atoms with Crippen molar-refractivity contribution in [1.82, 2.24) is 31.9 Å². The summed E-state index contributed by atoms with van der Waals surface area (Å²) in [5.74, 6) is -0.191. The van der Waals surface area contributed by atoms with Gasteiger partial charge in [0, 0.05) is 39.0 Å². The Morgan fingerprint density at radius 3 is 1.16 bits per heavy atom. The minimum Gasteiger partial charge on any atom is -0.444 e.